The fourth-order valence-corrected chi connectivity index (χ4v) is 2.32. The van der Waals surface area contributed by atoms with Crippen LogP contribution in [0.3, 0.4) is 0 Å². The number of ketones is 1. The Labute approximate surface area is 147 Å². The summed E-state index contributed by atoms with van der Waals surface area (Å²) in [5.74, 6) is -3.93. The van der Waals surface area contributed by atoms with Crippen molar-refractivity contribution in [1.29, 1.82) is 0 Å². The predicted octanol–water partition coefficient (Wildman–Crippen LogP) is 4.63. The third-order valence-corrected chi connectivity index (χ3v) is 3.53. The lowest BCUT2D eigenvalue weighted by atomic mass is 9.88. The van der Waals surface area contributed by atoms with Gasteiger partial charge < -0.3 is 5.11 Å². The monoisotopic (exact) mass is 401 g/mol. The van der Waals surface area contributed by atoms with E-state index in [0.717, 1.165) is 6.07 Å². The number of allylic oxidation sites excluding steroid dienone is 1. The van der Waals surface area contributed by atoms with Gasteiger partial charge in [0.2, 0.25) is 0 Å². The molecule has 0 saturated carbocycles. The summed E-state index contributed by atoms with van der Waals surface area (Å²) in [5.41, 5.74) is -0.386. The van der Waals surface area contributed by atoms with Crippen molar-refractivity contribution in [3.05, 3.63) is 46.6 Å². The number of alkyl halides is 6. The largest absolute Gasteiger partial charge is 0.490 e. The molecule has 0 fully saturated rings. The second-order valence-corrected chi connectivity index (χ2v) is 5.31. The van der Waals surface area contributed by atoms with E-state index in [-0.39, 0.29) is 11.3 Å². The molecular formula is C15H10ClF6NO3. The van der Waals surface area contributed by atoms with E-state index in [1.54, 1.807) is 6.92 Å². The number of rotatable bonds is 1. The first-order chi connectivity index (χ1) is 11.8. The molecule has 2 rings (SSSR count). The van der Waals surface area contributed by atoms with Gasteiger partial charge in [-0.15, -0.1) is 0 Å². The molecule has 1 aromatic rings. The van der Waals surface area contributed by atoms with Gasteiger partial charge in [-0.25, -0.2) is 4.79 Å². The Bertz CT molecular complexity index is 768. The number of aliphatic imine (C=N–C) groups is 1. The Balaban J connectivity index is 0.000000412. The first kappa shape index (κ1) is 21.7. The van der Waals surface area contributed by atoms with Crippen LogP contribution in [0.2, 0.25) is 5.02 Å². The number of carboxylic acid groups (broad SMARTS) is 1. The number of carbonyl (C=O) groups is 2. The molecular weight excluding hydrogens is 392 g/mol. The first-order valence-corrected chi connectivity index (χ1v) is 7.05. The lowest BCUT2D eigenvalue weighted by molar-refractivity contribution is -0.192. The Hall–Kier alpha value is -2.36. The van der Waals surface area contributed by atoms with Crippen LogP contribution in [0.5, 0.6) is 0 Å². The van der Waals surface area contributed by atoms with Crippen molar-refractivity contribution in [2.75, 3.05) is 0 Å². The molecule has 1 heterocycles. The van der Waals surface area contributed by atoms with E-state index in [1.807, 2.05) is 0 Å². The van der Waals surface area contributed by atoms with Crippen LogP contribution in [0.4, 0.5) is 26.3 Å². The van der Waals surface area contributed by atoms with Crippen LogP contribution < -0.4 is 0 Å². The molecule has 0 aromatic heterocycles. The minimum absolute atomic E-state index is 0.132. The minimum Gasteiger partial charge on any atom is -0.475 e. The maximum atomic E-state index is 12.8. The molecule has 4 nitrogen and oxygen atoms in total. The zero-order valence-corrected chi connectivity index (χ0v) is 13.6. The molecule has 0 saturated heterocycles. The van der Waals surface area contributed by atoms with Gasteiger partial charge in [0.15, 0.2) is 5.78 Å². The molecule has 1 unspecified atom stereocenters. The van der Waals surface area contributed by atoms with Gasteiger partial charge in [0, 0.05) is 18.0 Å². The van der Waals surface area contributed by atoms with Crippen LogP contribution >= 0.6 is 11.6 Å². The van der Waals surface area contributed by atoms with E-state index in [0.29, 0.717) is 5.71 Å². The molecule has 1 aromatic carbocycles. The van der Waals surface area contributed by atoms with E-state index < -0.39 is 34.8 Å². The zero-order valence-electron chi connectivity index (χ0n) is 12.8. The van der Waals surface area contributed by atoms with Gasteiger partial charge in [-0.05, 0) is 18.6 Å². The molecule has 0 aliphatic carbocycles. The highest BCUT2D eigenvalue weighted by atomic mass is 35.5. The molecule has 0 bridgehead atoms. The molecule has 1 aliphatic heterocycles. The van der Waals surface area contributed by atoms with E-state index in [9.17, 15) is 31.1 Å². The highest BCUT2D eigenvalue weighted by Gasteiger charge is 2.38. The fraction of sp³-hybridized carbons (Fsp3) is 0.267. The molecule has 11 heteroatoms. The van der Waals surface area contributed by atoms with Gasteiger partial charge in [0.05, 0.1) is 16.5 Å². The molecule has 1 aliphatic rings. The third-order valence-electron chi connectivity index (χ3n) is 3.11. The first-order valence-electron chi connectivity index (χ1n) is 6.67. The molecule has 0 radical (unpaired) electrons. The molecule has 26 heavy (non-hydrogen) atoms. The van der Waals surface area contributed by atoms with Crippen LogP contribution in [0.1, 0.15) is 24.0 Å². The van der Waals surface area contributed by atoms with Gasteiger partial charge in [0.1, 0.15) is 0 Å². The number of carbonyl (C=O) groups excluding carboxylic acids is 1. The van der Waals surface area contributed by atoms with E-state index in [2.05, 4.69) is 4.99 Å². The molecule has 0 spiro atoms. The number of carboxylic acids is 1. The average molecular weight is 402 g/mol. The zero-order chi connectivity index (χ0) is 20.3. The highest BCUT2D eigenvalue weighted by Crippen LogP contribution is 2.39. The Kier molecular flexibility index (Phi) is 6.59. The smallest absolute Gasteiger partial charge is 0.475 e. The van der Waals surface area contributed by atoms with Crippen molar-refractivity contribution in [3.8, 4) is 0 Å². The van der Waals surface area contributed by atoms with Crippen molar-refractivity contribution in [3.63, 3.8) is 0 Å². The van der Waals surface area contributed by atoms with Crippen molar-refractivity contribution in [2.24, 2.45) is 4.99 Å². The number of aliphatic carboxylic acids is 1. The maximum Gasteiger partial charge on any atom is 0.490 e. The molecule has 1 N–H and O–H groups in total. The summed E-state index contributed by atoms with van der Waals surface area (Å²) in [6.07, 6.45) is -7.07. The van der Waals surface area contributed by atoms with Crippen LogP contribution in [0.25, 0.3) is 0 Å². The third kappa shape index (κ3) is 5.32. The number of halogens is 7. The number of hydrogen-bond acceptors (Lipinski definition) is 3. The van der Waals surface area contributed by atoms with Crippen molar-refractivity contribution < 1.29 is 41.0 Å². The van der Waals surface area contributed by atoms with E-state index in [1.165, 1.54) is 24.4 Å². The van der Waals surface area contributed by atoms with E-state index >= 15 is 0 Å². The molecule has 142 valence electrons. The second-order valence-electron chi connectivity index (χ2n) is 4.93. The Morgan fingerprint density at radius 1 is 1.19 bits per heavy atom. The summed E-state index contributed by atoms with van der Waals surface area (Å²) < 4.78 is 70.1. The summed E-state index contributed by atoms with van der Waals surface area (Å²) in [6.45, 7) is 1.59. The summed E-state index contributed by atoms with van der Waals surface area (Å²) in [7, 11) is 0. The molecule has 1 atom stereocenters. The lowest BCUT2D eigenvalue weighted by Gasteiger charge is -2.20. The van der Waals surface area contributed by atoms with Gasteiger partial charge in [-0.3, -0.25) is 9.79 Å². The van der Waals surface area contributed by atoms with Gasteiger partial charge in [-0.1, -0.05) is 23.7 Å². The number of hydrogen-bond donors (Lipinski definition) is 1. The van der Waals surface area contributed by atoms with Crippen LogP contribution in [-0.4, -0.2) is 28.7 Å². The second kappa shape index (κ2) is 7.90. The summed E-state index contributed by atoms with van der Waals surface area (Å²) >= 11 is 5.81. The SMILES string of the molecule is CC1=NC=CC(=O)C1c1cccc(C(F)(F)F)c1Cl.O=C(O)C(F)(F)F. The fourth-order valence-electron chi connectivity index (χ4n) is 1.97. The standard InChI is InChI=1S/C13H9ClF3NO.C2HF3O2/c1-7-11(10(19)5-6-18-7)8-3-2-4-9(12(8)14)13(15,16)17;3-2(4,5)1(6)7/h2-6,11H,1H3;(H,6,7). The number of nitrogens with zero attached hydrogens (tertiary/aromatic N) is 1. The van der Waals surface area contributed by atoms with Gasteiger partial charge in [-0.2, -0.15) is 26.3 Å². The quantitative estimate of drug-likeness (QED) is 0.697. The number of benzene rings is 1. The lowest BCUT2D eigenvalue weighted by Crippen LogP contribution is -2.22. The molecule has 0 amide bonds. The summed E-state index contributed by atoms with van der Waals surface area (Å²) in [4.78, 5) is 24.7. The van der Waals surface area contributed by atoms with E-state index in [4.69, 9.17) is 21.5 Å². The van der Waals surface area contributed by atoms with Crippen LogP contribution in [-0.2, 0) is 15.8 Å². The van der Waals surface area contributed by atoms with Crippen LogP contribution in [0, 0.1) is 0 Å². The van der Waals surface area contributed by atoms with Gasteiger partial charge in [0.25, 0.3) is 0 Å². The Morgan fingerprint density at radius 2 is 1.73 bits per heavy atom. The topological polar surface area (TPSA) is 66.7 Å². The predicted molar refractivity (Wildman–Crippen MR) is 80.1 cm³/mol. The van der Waals surface area contributed by atoms with Crippen molar-refractivity contribution in [2.45, 2.75) is 25.2 Å². The maximum absolute atomic E-state index is 12.8. The Morgan fingerprint density at radius 3 is 2.15 bits per heavy atom. The van der Waals surface area contributed by atoms with Crippen molar-refractivity contribution >= 4 is 29.1 Å². The average Bonchev–Trinajstić information content (AvgIpc) is 2.47. The van der Waals surface area contributed by atoms with Crippen LogP contribution in [0.15, 0.2) is 35.5 Å². The normalized spacial score (nSPS) is 17.3. The van der Waals surface area contributed by atoms with Crippen molar-refractivity contribution in [1.82, 2.24) is 0 Å². The minimum atomic E-state index is -5.08. The summed E-state index contributed by atoms with van der Waals surface area (Å²) in [6, 6.07) is 3.54. The highest BCUT2D eigenvalue weighted by molar-refractivity contribution is 6.33. The van der Waals surface area contributed by atoms with Gasteiger partial charge >= 0.3 is 18.3 Å². The summed E-state index contributed by atoms with van der Waals surface area (Å²) in [5, 5.41) is 6.68.